The van der Waals surface area contributed by atoms with Crippen LogP contribution in [0.2, 0.25) is 0 Å². The summed E-state index contributed by atoms with van der Waals surface area (Å²) in [7, 11) is 0. The minimum atomic E-state index is -0.297. The number of fused-ring (bicyclic) bond motifs is 1. The Labute approximate surface area is 81.1 Å². The van der Waals surface area contributed by atoms with E-state index in [0.717, 1.165) is 10.9 Å². The molecule has 0 radical (unpaired) electrons. The van der Waals surface area contributed by atoms with Crippen LogP contribution in [0.3, 0.4) is 0 Å². The minimum absolute atomic E-state index is 0.297. The lowest BCUT2D eigenvalue weighted by Gasteiger charge is -2.12. The van der Waals surface area contributed by atoms with Crippen molar-refractivity contribution in [3.63, 3.8) is 0 Å². The largest absolute Gasteiger partial charge is 0.444 e. The first-order valence-electron chi connectivity index (χ1n) is 4.32. The molecule has 0 saturated carbocycles. The van der Waals surface area contributed by atoms with Crippen LogP contribution in [0.5, 0.6) is 0 Å². The highest BCUT2D eigenvalue weighted by atomic mass is 16.5. The van der Waals surface area contributed by atoms with Crippen LogP contribution in [0.25, 0.3) is 10.9 Å². The smallest absolute Gasteiger partial charge is 0.295 e. The fourth-order valence-electron chi connectivity index (χ4n) is 1.46. The van der Waals surface area contributed by atoms with Gasteiger partial charge in [-0.1, -0.05) is 0 Å². The lowest BCUT2D eigenvalue weighted by molar-refractivity contribution is -0.136. The molecule has 0 spiro atoms. The Balaban J connectivity index is 2.47. The molecule has 2 aromatic rings. The summed E-state index contributed by atoms with van der Waals surface area (Å²) in [5.41, 5.74) is 0.960. The number of rotatable bonds is 3. The molecular weight excluding hydrogens is 180 g/mol. The van der Waals surface area contributed by atoms with Crippen LogP contribution in [-0.4, -0.2) is 16.0 Å². The lowest BCUT2D eigenvalue weighted by atomic mass is 10.3. The lowest BCUT2D eigenvalue weighted by Crippen LogP contribution is -2.06. The maximum Gasteiger partial charge on any atom is 0.295 e. The highest BCUT2D eigenvalue weighted by molar-refractivity contribution is 5.78. The van der Waals surface area contributed by atoms with E-state index in [1.54, 1.807) is 19.3 Å². The summed E-state index contributed by atoms with van der Waals surface area (Å²) in [6, 6.07) is 3.88. The van der Waals surface area contributed by atoms with Gasteiger partial charge in [-0.15, -0.1) is 0 Å². The Bertz CT molecular complexity index is 450. The molecular formula is C10H10N2O2. The van der Waals surface area contributed by atoms with Crippen molar-refractivity contribution in [1.29, 1.82) is 0 Å². The second-order valence-electron chi connectivity index (χ2n) is 2.99. The molecule has 0 aliphatic carbocycles. The van der Waals surface area contributed by atoms with Crippen molar-refractivity contribution in [2.24, 2.45) is 0 Å². The second kappa shape index (κ2) is 3.49. The quantitative estimate of drug-likeness (QED) is 0.692. The van der Waals surface area contributed by atoms with Crippen LogP contribution >= 0.6 is 0 Å². The van der Waals surface area contributed by atoms with E-state index >= 15 is 0 Å². The van der Waals surface area contributed by atoms with Crippen LogP contribution in [-0.2, 0) is 9.53 Å². The van der Waals surface area contributed by atoms with Crippen molar-refractivity contribution in [3.8, 4) is 0 Å². The number of aromatic nitrogens is 2. The minimum Gasteiger partial charge on any atom is -0.444 e. The van der Waals surface area contributed by atoms with Crippen LogP contribution < -0.4 is 0 Å². The molecule has 0 N–H and O–H groups in total. The van der Waals surface area contributed by atoms with Crippen LogP contribution in [0.15, 0.2) is 30.7 Å². The van der Waals surface area contributed by atoms with Gasteiger partial charge < -0.3 is 9.30 Å². The van der Waals surface area contributed by atoms with Crippen molar-refractivity contribution < 1.29 is 9.53 Å². The number of ether oxygens (including phenoxy) is 1. The summed E-state index contributed by atoms with van der Waals surface area (Å²) in [5, 5.41) is 1.08. The fourth-order valence-corrected chi connectivity index (χ4v) is 1.46. The van der Waals surface area contributed by atoms with Gasteiger partial charge in [-0.05, 0) is 19.1 Å². The topological polar surface area (TPSA) is 44.1 Å². The Kier molecular flexibility index (Phi) is 2.18. The third kappa shape index (κ3) is 1.35. The van der Waals surface area contributed by atoms with Gasteiger partial charge >= 0.3 is 0 Å². The summed E-state index contributed by atoms with van der Waals surface area (Å²) < 4.78 is 6.71. The second-order valence-corrected chi connectivity index (χ2v) is 2.99. The molecule has 0 aliphatic heterocycles. The summed E-state index contributed by atoms with van der Waals surface area (Å²) in [6.45, 7) is 2.26. The van der Waals surface area contributed by atoms with Gasteiger partial charge in [0, 0.05) is 17.8 Å². The molecule has 1 unspecified atom stereocenters. The van der Waals surface area contributed by atoms with Crippen molar-refractivity contribution >= 4 is 17.4 Å². The number of hydrogen-bond donors (Lipinski definition) is 0. The van der Waals surface area contributed by atoms with Gasteiger partial charge in [-0.25, -0.2) is 0 Å². The predicted octanol–water partition coefficient (Wildman–Crippen LogP) is 1.73. The first kappa shape index (κ1) is 8.74. The normalized spacial score (nSPS) is 12.6. The maximum atomic E-state index is 10.2. The van der Waals surface area contributed by atoms with Crippen LogP contribution in [0.1, 0.15) is 13.2 Å². The van der Waals surface area contributed by atoms with Gasteiger partial charge in [0.1, 0.15) is 0 Å². The van der Waals surface area contributed by atoms with E-state index in [0.29, 0.717) is 6.47 Å². The molecule has 2 aromatic heterocycles. The third-order valence-electron chi connectivity index (χ3n) is 2.17. The monoisotopic (exact) mass is 190 g/mol. The van der Waals surface area contributed by atoms with Gasteiger partial charge in [0.05, 0.1) is 11.7 Å². The number of carbonyl (C=O) groups excluding carboxylic acids is 1. The average Bonchev–Trinajstić information content (AvgIpc) is 2.61. The molecule has 0 amide bonds. The SMILES string of the molecule is CC(OC=O)n1ccc2ccncc21. The van der Waals surface area contributed by atoms with Crippen LogP contribution in [0, 0.1) is 0 Å². The average molecular weight is 190 g/mol. The Hall–Kier alpha value is -1.84. The Morgan fingerprint density at radius 1 is 1.57 bits per heavy atom. The molecule has 72 valence electrons. The van der Waals surface area contributed by atoms with Gasteiger partial charge in [-0.2, -0.15) is 0 Å². The van der Waals surface area contributed by atoms with Gasteiger partial charge in [0.25, 0.3) is 6.47 Å². The molecule has 2 rings (SSSR count). The van der Waals surface area contributed by atoms with E-state index in [9.17, 15) is 4.79 Å². The highest BCUT2D eigenvalue weighted by Crippen LogP contribution is 2.18. The zero-order valence-electron chi connectivity index (χ0n) is 7.75. The molecule has 14 heavy (non-hydrogen) atoms. The Morgan fingerprint density at radius 3 is 3.21 bits per heavy atom. The molecule has 0 fully saturated rings. The van der Waals surface area contributed by atoms with Crippen molar-refractivity contribution in [1.82, 2.24) is 9.55 Å². The molecule has 4 heteroatoms. The van der Waals surface area contributed by atoms with E-state index in [1.165, 1.54) is 0 Å². The molecule has 0 bridgehead atoms. The number of nitrogens with zero attached hydrogens (tertiary/aromatic N) is 2. The van der Waals surface area contributed by atoms with Crippen molar-refractivity contribution in [2.45, 2.75) is 13.2 Å². The molecule has 0 aromatic carbocycles. The number of carbonyl (C=O) groups is 1. The zero-order valence-corrected chi connectivity index (χ0v) is 7.75. The first-order chi connectivity index (χ1) is 6.83. The van der Waals surface area contributed by atoms with E-state index in [4.69, 9.17) is 4.74 Å². The van der Waals surface area contributed by atoms with Gasteiger partial charge in [0.15, 0.2) is 6.23 Å². The molecule has 0 saturated heterocycles. The van der Waals surface area contributed by atoms with Crippen LogP contribution in [0.4, 0.5) is 0 Å². The highest BCUT2D eigenvalue weighted by Gasteiger charge is 2.07. The Morgan fingerprint density at radius 2 is 2.43 bits per heavy atom. The third-order valence-corrected chi connectivity index (χ3v) is 2.17. The standard InChI is InChI=1S/C10H10N2O2/c1-8(14-7-13)12-5-3-9-2-4-11-6-10(9)12/h2-8H,1H3. The summed E-state index contributed by atoms with van der Waals surface area (Å²) in [5.74, 6) is 0. The van der Waals surface area contributed by atoms with Crippen molar-refractivity contribution in [2.75, 3.05) is 0 Å². The molecule has 1 atom stereocenters. The molecule has 4 nitrogen and oxygen atoms in total. The van der Waals surface area contributed by atoms with E-state index in [-0.39, 0.29) is 6.23 Å². The van der Waals surface area contributed by atoms with E-state index in [2.05, 4.69) is 4.98 Å². The number of hydrogen-bond acceptors (Lipinski definition) is 3. The van der Waals surface area contributed by atoms with E-state index < -0.39 is 0 Å². The number of pyridine rings is 1. The summed E-state index contributed by atoms with van der Waals surface area (Å²) >= 11 is 0. The zero-order chi connectivity index (χ0) is 9.97. The van der Waals surface area contributed by atoms with Crippen molar-refractivity contribution in [3.05, 3.63) is 30.7 Å². The predicted molar refractivity (Wildman–Crippen MR) is 51.6 cm³/mol. The fraction of sp³-hybridized carbons (Fsp3) is 0.200. The van der Waals surface area contributed by atoms with Gasteiger partial charge in [-0.3, -0.25) is 9.78 Å². The maximum absolute atomic E-state index is 10.2. The van der Waals surface area contributed by atoms with Gasteiger partial charge in [0.2, 0.25) is 0 Å². The van der Waals surface area contributed by atoms with E-state index in [1.807, 2.05) is 22.9 Å². The first-order valence-corrected chi connectivity index (χ1v) is 4.32. The molecule has 0 aliphatic rings. The summed E-state index contributed by atoms with van der Waals surface area (Å²) in [6.07, 6.45) is 5.06. The molecule has 2 heterocycles. The summed E-state index contributed by atoms with van der Waals surface area (Å²) in [4.78, 5) is 14.2.